The van der Waals surface area contributed by atoms with Crippen molar-refractivity contribution in [3.05, 3.63) is 29.8 Å². The molecule has 128 valence electrons. The van der Waals surface area contributed by atoms with E-state index in [-0.39, 0.29) is 11.8 Å². The van der Waals surface area contributed by atoms with Crippen LogP contribution in [-0.4, -0.2) is 31.4 Å². The molecule has 23 heavy (non-hydrogen) atoms. The second-order valence-corrected chi connectivity index (χ2v) is 5.58. The first-order chi connectivity index (χ1) is 11.2. The van der Waals surface area contributed by atoms with E-state index < -0.39 is 0 Å². The molecule has 1 aromatic carbocycles. The highest BCUT2D eigenvalue weighted by Crippen LogP contribution is 2.10. The molecule has 0 spiro atoms. The average Bonchev–Trinajstić information content (AvgIpc) is 2.54. The van der Waals surface area contributed by atoms with Crippen LogP contribution in [-0.2, 0) is 4.79 Å². The molecular weight excluding hydrogens is 290 g/mol. The van der Waals surface area contributed by atoms with E-state index in [1.165, 1.54) is 25.7 Å². The third kappa shape index (κ3) is 8.35. The highest BCUT2D eigenvalue weighted by Gasteiger charge is 2.06. The van der Waals surface area contributed by atoms with Crippen LogP contribution < -0.4 is 16.0 Å². The third-order valence-corrected chi connectivity index (χ3v) is 3.49. The predicted molar refractivity (Wildman–Crippen MR) is 94.7 cm³/mol. The molecule has 1 aromatic rings. The zero-order valence-corrected chi connectivity index (χ0v) is 14.3. The first kappa shape index (κ1) is 19.2. The normalized spacial score (nSPS) is 10.3. The number of anilines is 1. The van der Waals surface area contributed by atoms with Gasteiger partial charge in [0, 0.05) is 17.8 Å². The van der Waals surface area contributed by atoms with Crippen LogP contribution in [0.1, 0.15) is 56.3 Å². The summed E-state index contributed by atoms with van der Waals surface area (Å²) < 4.78 is 0. The van der Waals surface area contributed by atoms with Gasteiger partial charge in [-0.1, -0.05) is 38.7 Å². The van der Waals surface area contributed by atoms with Gasteiger partial charge < -0.3 is 16.0 Å². The van der Waals surface area contributed by atoms with Crippen molar-refractivity contribution in [3.8, 4) is 0 Å². The first-order valence-corrected chi connectivity index (χ1v) is 8.56. The van der Waals surface area contributed by atoms with E-state index in [0.717, 1.165) is 13.0 Å². The average molecular weight is 319 g/mol. The SMILES string of the molecule is CCCCCCCNCC(=O)Nc1cccc(C(=O)NCC)c1. The topological polar surface area (TPSA) is 70.2 Å². The van der Waals surface area contributed by atoms with Gasteiger partial charge in [0.15, 0.2) is 0 Å². The lowest BCUT2D eigenvalue weighted by Crippen LogP contribution is -2.29. The van der Waals surface area contributed by atoms with Gasteiger partial charge in [-0.15, -0.1) is 0 Å². The molecule has 0 heterocycles. The summed E-state index contributed by atoms with van der Waals surface area (Å²) in [7, 11) is 0. The van der Waals surface area contributed by atoms with E-state index in [2.05, 4.69) is 22.9 Å². The minimum absolute atomic E-state index is 0.0911. The maximum atomic E-state index is 11.9. The van der Waals surface area contributed by atoms with Crippen LogP contribution >= 0.6 is 0 Å². The van der Waals surface area contributed by atoms with Crippen molar-refractivity contribution in [1.29, 1.82) is 0 Å². The Morgan fingerprint density at radius 3 is 2.57 bits per heavy atom. The Balaban J connectivity index is 2.28. The van der Waals surface area contributed by atoms with Gasteiger partial charge in [0.2, 0.25) is 5.91 Å². The van der Waals surface area contributed by atoms with E-state index in [0.29, 0.717) is 24.3 Å². The zero-order valence-electron chi connectivity index (χ0n) is 14.3. The van der Waals surface area contributed by atoms with Gasteiger partial charge >= 0.3 is 0 Å². The molecule has 0 saturated carbocycles. The number of carbonyl (C=O) groups excluding carboxylic acids is 2. The molecule has 0 fully saturated rings. The molecule has 0 saturated heterocycles. The van der Waals surface area contributed by atoms with Crippen LogP contribution in [0.5, 0.6) is 0 Å². The fourth-order valence-corrected chi connectivity index (χ4v) is 2.26. The number of benzene rings is 1. The number of carbonyl (C=O) groups is 2. The molecule has 0 aromatic heterocycles. The van der Waals surface area contributed by atoms with E-state index in [1.807, 2.05) is 6.92 Å². The second-order valence-electron chi connectivity index (χ2n) is 5.58. The van der Waals surface area contributed by atoms with Crippen molar-refractivity contribution < 1.29 is 9.59 Å². The highest BCUT2D eigenvalue weighted by atomic mass is 16.2. The molecular formula is C18H29N3O2. The van der Waals surface area contributed by atoms with Crippen LogP contribution in [0.25, 0.3) is 0 Å². The molecule has 1 rings (SSSR count). The summed E-state index contributed by atoms with van der Waals surface area (Å²) in [5.41, 5.74) is 1.19. The number of unbranched alkanes of at least 4 members (excludes halogenated alkanes) is 4. The lowest BCUT2D eigenvalue weighted by Gasteiger charge is -2.08. The predicted octanol–water partition coefficient (Wildman–Crippen LogP) is 2.93. The second kappa shape index (κ2) is 11.7. The summed E-state index contributed by atoms with van der Waals surface area (Å²) in [5, 5.41) is 8.70. The summed E-state index contributed by atoms with van der Waals surface area (Å²) >= 11 is 0. The minimum atomic E-state index is -0.131. The quantitative estimate of drug-likeness (QED) is 0.549. The Bertz CT molecular complexity index is 489. The largest absolute Gasteiger partial charge is 0.352 e. The summed E-state index contributed by atoms with van der Waals surface area (Å²) in [4.78, 5) is 23.6. The van der Waals surface area contributed by atoms with Crippen LogP contribution in [0.2, 0.25) is 0 Å². The van der Waals surface area contributed by atoms with Crippen molar-refractivity contribution in [2.24, 2.45) is 0 Å². The van der Waals surface area contributed by atoms with Gasteiger partial charge in [0.1, 0.15) is 0 Å². The molecule has 0 bridgehead atoms. The maximum Gasteiger partial charge on any atom is 0.251 e. The maximum absolute atomic E-state index is 11.9. The van der Waals surface area contributed by atoms with E-state index >= 15 is 0 Å². The molecule has 5 nitrogen and oxygen atoms in total. The Labute approximate surface area is 139 Å². The van der Waals surface area contributed by atoms with Crippen molar-refractivity contribution in [2.75, 3.05) is 25.0 Å². The van der Waals surface area contributed by atoms with Crippen LogP contribution in [0.4, 0.5) is 5.69 Å². The van der Waals surface area contributed by atoms with Gasteiger partial charge in [0.25, 0.3) is 5.91 Å². The Kier molecular flexibility index (Phi) is 9.71. The van der Waals surface area contributed by atoms with Gasteiger partial charge in [-0.25, -0.2) is 0 Å². The molecule has 5 heteroatoms. The molecule has 0 aliphatic rings. The van der Waals surface area contributed by atoms with Gasteiger partial charge in [0.05, 0.1) is 6.54 Å². The summed E-state index contributed by atoms with van der Waals surface area (Å²) in [6.45, 7) is 5.80. The standard InChI is InChI=1S/C18H29N3O2/c1-3-5-6-7-8-12-19-14-17(22)21-16-11-9-10-15(13-16)18(23)20-4-2/h9-11,13,19H,3-8,12,14H2,1-2H3,(H,20,23)(H,21,22). The molecule has 0 unspecified atom stereocenters. The molecule has 0 aliphatic heterocycles. The van der Waals surface area contributed by atoms with Crippen molar-refractivity contribution in [1.82, 2.24) is 10.6 Å². The lowest BCUT2D eigenvalue weighted by molar-refractivity contribution is -0.115. The lowest BCUT2D eigenvalue weighted by atomic mass is 10.1. The third-order valence-electron chi connectivity index (χ3n) is 3.49. The first-order valence-electron chi connectivity index (χ1n) is 8.56. The fraction of sp³-hybridized carbons (Fsp3) is 0.556. The summed E-state index contributed by atoms with van der Waals surface area (Å²) in [5.74, 6) is -0.222. The molecule has 2 amide bonds. The number of rotatable bonds is 11. The van der Waals surface area contributed by atoms with Crippen LogP contribution in [0.15, 0.2) is 24.3 Å². The van der Waals surface area contributed by atoms with Crippen molar-refractivity contribution >= 4 is 17.5 Å². The van der Waals surface area contributed by atoms with E-state index in [4.69, 9.17) is 0 Å². The van der Waals surface area contributed by atoms with Crippen LogP contribution in [0.3, 0.4) is 0 Å². The van der Waals surface area contributed by atoms with E-state index in [9.17, 15) is 9.59 Å². The number of hydrogen-bond donors (Lipinski definition) is 3. The highest BCUT2D eigenvalue weighted by molar-refractivity contribution is 5.97. The number of nitrogens with one attached hydrogen (secondary N) is 3. The molecule has 0 aliphatic carbocycles. The van der Waals surface area contributed by atoms with Gasteiger partial charge in [-0.3, -0.25) is 9.59 Å². The number of amides is 2. The Hall–Kier alpha value is -1.88. The monoisotopic (exact) mass is 319 g/mol. The molecule has 3 N–H and O–H groups in total. The zero-order chi connectivity index (χ0) is 16.9. The fourth-order valence-electron chi connectivity index (χ4n) is 2.26. The van der Waals surface area contributed by atoms with Gasteiger partial charge in [-0.05, 0) is 38.1 Å². The molecule has 0 atom stereocenters. The van der Waals surface area contributed by atoms with Crippen molar-refractivity contribution in [3.63, 3.8) is 0 Å². The Morgan fingerprint density at radius 1 is 1.04 bits per heavy atom. The van der Waals surface area contributed by atoms with Gasteiger partial charge in [-0.2, -0.15) is 0 Å². The van der Waals surface area contributed by atoms with E-state index in [1.54, 1.807) is 24.3 Å². The van der Waals surface area contributed by atoms with Crippen LogP contribution in [0, 0.1) is 0 Å². The molecule has 0 radical (unpaired) electrons. The Morgan fingerprint density at radius 2 is 1.83 bits per heavy atom. The minimum Gasteiger partial charge on any atom is -0.352 e. The summed E-state index contributed by atoms with van der Waals surface area (Å²) in [6.07, 6.45) is 6.08. The van der Waals surface area contributed by atoms with Crippen molar-refractivity contribution in [2.45, 2.75) is 46.0 Å². The smallest absolute Gasteiger partial charge is 0.251 e. The summed E-state index contributed by atoms with van der Waals surface area (Å²) in [6, 6.07) is 6.97. The number of hydrogen-bond acceptors (Lipinski definition) is 3.